The van der Waals surface area contributed by atoms with Crippen LogP contribution in [-0.2, 0) is 30.4 Å². The zero-order chi connectivity index (χ0) is 35.0. The fourth-order valence-corrected chi connectivity index (χ4v) is 6.51. The number of hydrazine groups is 1. The molecule has 3 atom stereocenters. The van der Waals surface area contributed by atoms with Crippen molar-refractivity contribution < 1.29 is 33.4 Å². The van der Waals surface area contributed by atoms with E-state index in [1.807, 2.05) is 49.9 Å². The van der Waals surface area contributed by atoms with Gasteiger partial charge in [-0.25, -0.2) is 9.78 Å². The zero-order valence-corrected chi connectivity index (χ0v) is 29.3. The van der Waals surface area contributed by atoms with Crippen molar-refractivity contribution in [3.05, 3.63) is 30.1 Å². The summed E-state index contributed by atoms with van der Waals surface area (Å²) in [4.78, 5) is 73.3. The molecule has 0 spiro atoms. The number of morpholine rings is 1. The smallest absolute Gasteiger partial charge is 0.410 e. The van der Waals surface area contributed by atoms with Crippen LogP contribution >= 0.6 is 0 Å². The van der Waals surface area contributed by atoms with Crippen molar-refractivity contribution in [3.63, 3.8) is 0 Å². The normalized spacial score (nSPS) is 19.2. The second-order valence-electron chi connectivity index (χ2n) is 14.4. The molecule has 0 saturated carbocycles. The molecule has 2 aromatic rings. The molecule has 264 valence electrons. The van der Waals surface area contributed by atoms with Crippen LogP contribution in [0.1, 0.15) is 84.3 Å². The van der Waals surface area contributed by atoms with Gasteiger partial charge in [-0.1, -0.05) is 32.4 Å². The highest BCUT2D eigenvalue weighted by Crippen LogP contribution is 2.36. The van der Waals surface area contributed by atoms with E-state index < -0.39 is 23.5 Å². The van der Waals surface area contributed by atoms with E-state index in [-0.39, 0.29) is 61.2 Å². The van der Waals surface area contributed by atoms with Crippen LogP contribution in [0.15, 0.2) is 24.3 Å². The number of nitrogens with zero attached hydrogens (tertiary/aromatic N) is 4. The number of ketones is 1. The van der Waals surface area contributed by atoms with E-state index in [0.717, 1.165) is 18.4 Å². The number of rotatable bonds is 11. The van der Waals surface area contributed by atoms with Gasteiger partial charge in [-0.05, 0) is 63.5 Å². The van der Waals surface area contributed by atoms with Crippen LogP contribution in [0.3, 0.4) is 0 Å². The first kappa shape index (κ1) is 36.8. The van der Waals surface area contributed by atoms with Crippen molar-refractivity contribution in [2.75, 3.05) is 39.4 Å². The van der Waals surface area contributed by atoms with Gasteiger partial charge in [-0.3, -0.25) is 30.0 Å². The standard InChI is InChI=1S/C35H52N6O7/c1-23(2)11-12-25(20-30(43)32-36-28-9-7-8-10-29(28)41(32)14-13-31(44)38-37-24(3)42)26-19-27(33(45)39-15-17-47-18-16-39)22-40(21-26)34(46)48-35(4,5)6/h7-10,23,25-27H,11-22H2,1-6H3,(H,37,42)(H,38,44)/t25?,26-,27?/m0/s1. The molecule has 2 saturated heterocycles. The second-order valence-corrected chi connectivity index (χ2v) is 14.4. The van der Waals surface area contributed by atoms with Gasteiger partial charge < -0.3 is 23.8 Å². The summed E-state index contributed by atoms with van der Waals surface area (Å²) in [7, 11) is 0. The molecule has 1 aromatic carbocycles. The Balaban J connectivity index is 1.61. The molecule has 0 aliphatic carbocycles. The van der Waals surface area contributed by atoms with Gasteiger partial charge in [0, 0.05) is 52.5 Å². The highest BCUT2D eigenvalue weighted by atomic mass is 16.6. The molecular formula is C35H52N6O7. The van der Waals surface area contributed by atoms with E-state index in [4.69, 9.17) is 14.5 Å². The molecule has 4 amide bonds. The lowest BCUT2D eigenvalue weighted by atomic mass is 9.75. The Labute approximate surface area is 283 Å². The van der Waals surface area contributed by atoms with Gasteiger partial charge in [-0.15, -0.1) is 0 Å². The van der Waals surface area contributed by atoms with Crippen LogP contribution < -0.4 is 10.9 Å². The quantitative estimate of drug-likeness (QED) is 0.270. The predicted molar refractivity (Wildman–Crippen MR) is 180 cm³/mol. The van der Waals surface area contributed by atoms with Gasteiger partial charge in [0.15, 0.2) is 11.6 Å². The number of carbonyl (C=O) groups excluding carboxylic acids is 5. The third-order valence-electron chi connectivity index (χ3n) is 8.88. The van der Waals surface area contributed by atoms with Gasteiger partial charge in [0.05, 0.1) is 30.2 Å². The summed E-state index contributed by atoms with van der Waals surface area (Å²) in [5.74, 6) is -0.940. The lowest BCUT2D eigenvalue weighted by Gasteiger charge is -2.42. The number of benzene rings is 1. The largest absolute Gasteiger partial charge is 0.444 e. The number of nitrogens with one attached hydrogen (secondary N) is 2. The summed E-state index contributed by atoms with van der Waals surface area (Å²) in [5, 5.41) is 0. The summed E-state index contributed by atoms with van der Waals surface area (Å²) < 4.78 is 13.0. The van der Waals surface area contributed by atoms with Gasteiger partial charge in [-0.2, -0.15) is 0 Å². The molecule has 0 radical (unpaired) electrons. The summed E-state index contributed by atoms with van der Waals surface area (Å²) in [6.07, 6.45) is 1.93. The molecule has 3 heterocycles. The molecular weight excluding hydrogens is 616 g/mol. The Morgan fingerprint density at radius 1 is 1.00 bits per heavy atom. The van der Waals surface area contributed by atoms with E-state index in [1.165, 1.54) is 6.92 Å². The highest BCUT2D eigenvalue weighted by molar-refractivity contribution is 5.96. The van der Waals surface area contributed by atoms with Crippen molar-refractivity contribution in [2.24, 2.45) is 23.7 Å². The zero-order valence-electron chi connectivity index (χ0n) is 29.3. The van der Waals surface area contributed by atoms with E-state index in [2.05, 4.69) is 24.7 Å². The van der Waals surface area contributed by atoms with Gasteiger partial charge >= 0.3 is 6.09 Å². The number of para-hydroxylation sites is 2. The Bertz CT molecular complexity index is 1460. The Kier molecular flexibility index (Phi) is 12.6. The summed E-state index contributed by atoms with van der Waals surface area (Å²) >= 11 is 0. The van der Waals surface area contributed by atoms with E-state index in [9.17, 15) is 24.0 Å². The first-order chi connectivity index (χ1) is 22.7. The van der Waals surface area contributed by atoms with Crippen LogP contribution in [0, 0.1) is 23.7 Å². The lowest BCUT2D eigenvalue weighted by molar-refractivity contribution is -0.142. The van der Waals surface area contributed by atoms with Crippen LogP contribution in [0.4, 0.5) is 4.79 Å². The second kappa shape index (κ2) is 16.4. The summed E-state index contributed by atoms with van der Waals surface area (Å²) in [6, 6.07) is 7.40. The molecule has 4 rings (SSSR count). The molecule has 0 bridgehead atoms. The van der Waals surface area contributed by atoms with E-state index >= 15 is 0 Å². The maximum atomic E-state index is 14.2. The number of Topliss-reactive ketones (excluding diaryl/α,β-unsaturated/α-hetero) is 1. The highest BCUT2D eigenvalue weighted by Gasteiger charge is 2.41. The number of aryl methyl sites for hydroxylation is 1. The Morgan fingerprint density at radius 2 is 1.71 bits per heavy atom. The van der Waals surface area contributed by atoms with Gasteiger partial charge in [0.25, 0.3) is 0 Å². The van der Waals surface area contributed by atoms with Crippen molar-refractivity contribution in [3.8, 4) is 0 Å². The average Bonchev–Trinajstić information content (AvgIpc) is 3.42. The molecule has 13 nitrogen and oxygen atoms in total. The number of fused-ring (bicyclic) bond motifs is 1. The summed E-state index contributed by atoms with van der Waals surface area (Å²) in [6.45, 7) is 13.9. The fraction of sp³-hybridized carbons (Fsp3) is 0.657. The molecule has 2 fully saturated rings. The third kappa shape index (κ3) is 10.2. The monoisotopic (exact) mass is 668 g/mol. The maximum Gasteiger partial charge on any atom is 0.410 e. The number of amides is 4. The Morgan fingerprint density at radius 3 is 2.38 bits per heavy atom. The number of likely N-dealkylation sites (tertiary alicyclic amines) is 1. The minimum atomic E-state index is -0.696. The fourth-order valence-electron chi connectivity index (χ4n) is 6.51. The molecule has 13 heteroatoms. The predicted octanol–water partition coefficient (Wildman–Crippen LogP) is 3.95. The molecule has 2 N–H and O–H groups in total. The minimum Gasteiger partial charge on any atom is -0.444 e. The number of ether oxygens (including phenoxy) is 2. The molecule has 1 aromatic heterocycles. The number of hydrogen-bond donors (Lipinski definition) is 2. The van der Waals surface area contributed by atoms with Gasteiger partial charge in [0.2, 0.25) is 17.7 Å². The number of piperidine rings is 1. The number of imidazole rings is 1. The molecule has 2 aliphatic rings. The van der Waals surface area contributed by atoms with Crippen LogP contribution in [-0.4, -0.2) is 93.9 Å². The summed E-state index contributed by atoms with van der Waals surface area (Å²) in [5.41, 5.74) is 5.34. The number of aromatic nitrogens is 2. The average molecular weight is 669 g/mol. The van der Waals surface area contributed by atoms with Crippen LogP contribution in [0.5, 0.6) is 0 Å². The SMILES string of the molecule is CC(=O)NNC(=O)CCn1c(C(=O)CC(CCC(C)C)[C@H]2CC(C(=O)N3CCOCC3)CN(C(=O)OC(C)(C)C)C2)nc2ccccc21. The molecule has 2 aliphatic heterocycles. The van der Waals surface area contributed by atoms with E-state index in [0.29, 0.717) is 50.7 Å². The Hall–Kier alpha value is -4.00. The third-order valence-corrected chi connectivity index (χ3v) is 8.88. The maximum absolute atomic E-state index is 14.2. The molecule has 2 unspecified atom stereocenters. The minimum absolute atomic E-state index is 0.00447. The van der Waals surface area contributed by atoms with E-state index in [1.54, 1.807) is 9.47 Å². The number of hydrogen-bond acceptors (Lipinski definition) is 8. The van der Waals surface area contributed by atoms with Crippen molar-refractivity contribution in [1.82, 2.24) is 30.2 Å². The van der Waals surface area contributed by atoms with Crippen molar-refractivity contribution in [1.29, 1.82) is 0 Å². The number of carbonyl (C=O) groups is 5. The first-order valence-electron chi connectivity index (χ1n) is 17.1. The van der Waals surface area contributed by atoms with Gasteiger partial charge in [0.1, 0.15) is 5.60 Å². The van der Waals surface area contributed by atoms with Crippen molar-refractivity contribution in [2.45, 2.75) is 85.8 Å². The van der Waals surface area contributed by atoms with Crippen LogP contribution in [0.2, 0.25) is 0 Å². The molecule has 48 heavy (non-hydrogen) atoms. The van der Waals surface area contributed by atoms with Crippen molar-refractivity contribution >= 4 is 40.6 Å². The van der Waals surface area contributed by atoms with Crippen LogP contribution in [0.25, 0.3) is 11.0 Å². The first-order valence-corrected chi connectivity index (χ1v) is 17.1. The lowest BCUT2D eigenvalue weighted by Crippen LogP contribution is -2.53. The topological polar surface area (TPSA) is 152 Å².